The zero-order valence-electron chi connectivity index (χ0n) is 19.8. The average molecular weight is 479 g/mol. The molecule has 0 spiro atoms. The first kappa shape index (κ1) is 22.1. The molecule has 3 heterocycles. The summed E-state index contributed by atoms with van der Waals surface area (Å²) in [5.41, 5.74) is 4.82. The van der Waals surface area contributed by atoms with Gasteiger partial charge in [0.1, 0.15) is 12.2 Å². The third-order valence-corrected chi connectivity index (χ3v) is 6.65. The molecule has 0 bridgehead atoms. The molecule has 2 aromatic heterocycles. The summed E-state index contributed by atoms with van der Waals surface area (Å²) in [5.74, 6) is 1.08. The van der Waals surface area contributed by atoms with E-state index >= 15 is 0 Å². The van der Waals surface area contributed by atoms with Gasteiger partial charge in [0.15, 0.2) is 0 Å². The van der Waals surface area contributed by atoms with Gasteiger partial charge in [0, 0.05) is 38.3 Å². The molecule has 0 atom stereocenters. The summed E-state index contributed by atoms with van der Waals surface area (Å²) in [6.07, 6.45) is 1.52. The molecule has 0 radical (unpaired) electrons. The number of benzene rings is 3. The topological polar surface area (TPSA) is 85.0 Å². The van der Waals surface area contributed by atoms with Gasteiger partial charge in [-0.15, -0.1) is 5.10 Å². The number of fused-ring (bicyclic) bond motifs is 1. The van der Waals surface area contributed by atoms with E-state index in [0.29, 0.717) is 18.7 Å². The summed E-state index contributed by atoms with van der Waals surface area (Å²) in [7, 11) is 0. The number of para-hydroxylation sites is 2. The van der Waals surface area contributed by atoms with Gasteiger partial charge in [0.05, 0.1) is 23.3 Å². The Bertz CT molecular complexity index is 1470. The number of carbonyl (C=O) groups is 1. The first-order valence-electron chi connectivity index (χ1n) is 12.1. The highest BCUT2D eigenvalue weighted by Crippen LogP contribution is 2.20. The number of piperazine rings is 1. The van der Waals surface area contributed by atoms with E-state index in [4.69, 9.17) is 4.98 Å². The molecule has 1 aliphatic rings. The lowest BCUT2D eigenvalue weighted by Crippen LogP contribution is -2.48. The second-order valence-corrected chi connectivity index (χ2v) is 8.96. The van der Waals surface area contributed by atoms with Crippen LogP contribution in [-0.4, -0.2) is 71.6 Å². The Morgan fingerprint density at radius 1 is 0.833 bits per heavy atom. The van der Waals surface area contributed by atoms with Gasteiger partial charge in [-0.3, -0.25) is 9.69 Å². The molecule has 9 heteroatoms. The maximum atomic E-state index is 13.2. The first-order chi connectivity index (χ1) is 17.7. The van der Waals surface area contributed by atoms with Crippen LogP contribution in [0, 0.1) is 0 Å². The predicted molar refractivity (Wildman–Crippen MR) is 136 cm³/mol. The maximum Gasteiger partial charge on any atom is 0.254 e. The van der Waals surface area contributed by atoms with E-state index in [0.717, 1.165) is 48.7 Å². The van der Waals surface area contributed by atoms with E-state index in [-0.39, 0.29) is 5.91 Å². The standard InChI is InChI=1S/C27H26N8O/c36-27(22-9-6-10-23(17-22)35-20-28-30-31-35)33-15-13-32(14-16-33)19-26-29-24-11-4-5-12-25(24)34(26)18-21-7-2-1-3-8-21/h1-12,17,20H,13-16,18-19H2. The number of hydrogen-bond acceptors (Lipinski definition) is 6. The molecule has 36 heavy (non-hydrogen) atoms. The van der Waals surface area contributed by atoms with Crippen LogP contribution in [0.2, 0.25) is 0 Å². The van der Waals surface area contributed by atoms with E-state index in [1.807, 2.05) is 41.3 Å². The van der Waals surface area contributed by atoms with E-state index in [1.165, 1.54) is 11.9 Å². The van der Waals surface area contributed by atoms with Gasteiger partial charge in [-0.2, -0.15) is 0 Å². The highest BCUT2D eigenvalue weighted by Gasteiger charge is 2.24. The molecule has 1 amide bonds. The van der Waals surface area contributed by atoms with Gasteiger partial charge in [0.2, 0.25) is 0 Å². The summed E-state index contributed by atoms with van der Waals surface area (Å²) in [6.45, 7) is 4.48. The van der Waals surface area contributed by atoms with Crippen molar-refractivity contribution in [2.75, 3.05) is 26.2 Å². The van der Waals surface area contributed by atoms with Crippen LogP contribution in [0.15, 0.2) is 85.2 Å². The van der Waals surface area contributed by atoms with Crippen molar-refractivity contribution in [2.24, 2.45) is 0 Å². The molecule has 5 aromatic rings. The fourth-order valence-corrected chi connectivity index (χ4v) is 4.74. The Morgan fingerprint density at radius 2 is 1.64 bits per heavy atom. The van der Waals surface area contributed by atoms with Crippen molar-refractivity contribution in [3.63, 3.8) is 0 Å². The van der Waals surface area contributed by atoms with Crippen LogP contribution in [0.5, 0.6) is 0 Å². The van der Waals surface area contributed by atoms with Crippen molar-refractivity contribution < 1.29 is 4.79 Å². The third-order valence-electron chi connectivity index (χ3n) is 6.65. The molecule has 0 saturated carbocycles. The Labute approximate surface area is 208 Å². The minimum Gasteiger partial charge on any atom is -0.336 e. The number of hydrogen-bond donors (Lipinski definition) is 0. The van der Waals surface area contributed by atoms with Crippen molar-refractivity contribution in [1.82, 2.24) is 39.6 Å². The van der Waals surface area contributed by atoms with Gasteiger partial charge < -0.3 is 9.47 Å². The summed E-state index contributed by atoms with van der Waals surface area (Å²) >= 11 is 0. The fraction of sp³-hybridized carbons (Fsp3) is 0.222. The number of rotatable bonds is 6. The number of imidazole rings is 1. The molecule has 0 unspecified atom stereocenters. The zero-order chi connectivity index (χ0) is 24.3. The van der Waals surface area contributed by atoms with Crippen molar-refractivity contribution in [2.45, 2.75) is 13.1 Å². The SMILES string of the molecule is O=C(c1cccc(-n2cnnn2)c1)N1CCN(Cc2nc3ccccc3n2Cc2ccccc2)CC1. The summed E-state index contributed by atoms with van der Waals surface area (Å²) < 4.78 is 3.86. The quantitative estimate of drug-likeness (QED) is 0.373. The zero-order valence-corrected chi connectivity index (χ0v) is 19.8. The van der Waals surface area contributed by atoms with Crippen LogP contribution in [0.3, 0.4) is 0 Å². The summed E-state index contributed by atoms with van der Waals surface area (Å²) in [5, 5.41) is 11.3. The third kappa shape index (κ3) is 4.48. The van der Waals surface area contributed by atoms with Crippen LogP contribution >= 0.6 is 0 Å². The lowest BCUT2D eigenvalue weighted by molar-refractivity contribution is 0.0624. The highest BCUT2D eigenvalue weighted by molar-refractivity contribution is 5.94. The predicted octanol–water partition coefficient (Wildman–Crippen LogP) is 3.02. The highest BCUT2D eigenvalue weighted by atomic mass is 16.2. The Kier molecular flexibility index (Phi) is 5.96. The van der Waals surface area contributed by atoms with Crippen molar-refractivity contribution in [3.05, 3.63) is 102 Å². The van der Waals surface area contributed by atoms with Gasteiger partial charge in [0.25, 0.3) is 5.91 Å². The van der Waals surface area contributed by atoms with Gasteiger partial charge >= 0.3 is 0 Å². The molecule has 1 aliphatic heterocycles. The van der Waals surface area contributed by atoms with Crippen LogP contribution in [-0.2, 0) is 13.1 Å². The molecule has 0 N–H and O–H groups in total. The van der Waals surface area contributed by atoms with Crippen LogP contribution in [0.4, 0.5) is 0 Å². The number of nitrogens with zero attached hydrogens (tertiary/aromatic N) is 8. The molecular formula is C27H26N8O. The number of amides is 1. The normalized spacial score (nSPS) is 14.4. The molecule has 1 fully saturated rings. The molecule has 1 saturated heterocycles. The minimum atomic E-state index is 0.0286. The van der Waals surface area contributed by atoms with Crippen molar-refractivity contribution >= 4 is 16.9 Å². The lowest BCUT2D eigenvalue weighted by Gasteiger charge is -2.34. The molecule has 180 valence electrons. The van der Waals surface area contributed by atoms with Gasteiger partial charge in [-0.25, -0.2) is 9.67 Å². The van der Waals surface area contributed by atoms with Crippen molar-refractivity contribution in [3.8, 4) is 5.69 Å². The first-order valence-corrected chi connectivity index (χ1v) is 12.1. The molecule has 0 aliphatic carbocycles. The lowest BCUT2D eigenvalue weighted by atomic mass is 10.1. The Balaban J connectivity index is 1.15. The Hall–Kier alpha value is -4.37. The van der Waals surface area contributed by atoms with E-state index in [1.54, 1.807) is 4.68 Å². The second kappa shape index (κ2) is 9.71. The summed E-state index contributed by atoms with van der Waals surface area (Å²) in [4.78, 5) is 22.5. The second-order valence-electron chi connectivity index (χ2n) is 8.96. The maximum absolute atomic E-state index is 13.2. The van der Waals surface area contributed by atoms with Crippen LogP contribution in [0.1, 0.15) is 21.7 Å². The molecule has 6 rings (SSSR count). The monoisotopic (exact) mass is 478 g/mol. The van der Waals surface area contributed by atoms with E-state index in [2.05, 4.69) is 67.5 Å². The number of aromatic nitrogens is 6. The number of tetrazole rings is 1. The summed E-state index contributed by atoms with van der Waals surface area (Å²) in [6, 6.07) is 26.2. The van der Waals surface area contributed by atoms with Crippen LogP contribution in [0.25, 0.3) is 16.7 Å². The molecule has 9 nitrogen and oxygen atoms in total. The Morgan fingerprint density at radius 3 is 2.44 bits per heavy atom. The van der Waals surface area contributed by atoms with Gasteiger partial charge in [-0.1, -0.05) is 48.5 Å². The van der Waals surface area contributed by atoms with Gasteiger partial charge in [-0.05, 0) is 46.3 Å². The van der Waals surface area contributed by atoms with Crippen LogP contribution < -0.4 is 0 Å². The van der Waals surface area contributed by atoms with Crippen molar-refractivity contribution in [1.29, 1.82) is 0 Å². The average Bonchev–Trinajstić information content (AvgIpc) is 3.59. The smallest absolute Gasteiger partial charge is 0.254 e. The number of carbonyl (C=O) groups excluding carboxylic acids is 1. The largest absolute Gasteiger partial charge is 0.336 e. The minimum absolute atomic E-state index is 0.0286. The fourth-order valence-electron chi connectivity index (χ4n) is 4.74. The van der Waals surface area contributed by atoms with E-state index in [9.17, 15) is 4.79 Å². The molecular weight excluding hydrogens is 452 g/mol. The molecule has 3 aromatic carbocycles. The van der Waals surface area contributed by atoms with E-state index < -0.39 is 0 Å².